The third kappa shape index (κ3) is 3.23. The lowest BCUT2D eigenvalue weighted by atomic mass is 9.59. The fourth-order valence-corrected chi connectivity index (χ4v) is 5.16. The minimum absolute atomic E-state index is 0.132. The van der Waals surface area contributed by atoms with Crippen LogP contribution < -0.4 is 4.74 Å². The molecule has 2 aliphatic rings. The molecule has 0 saturated carbocycles. The summed E-state index contributed by atoms with van der Waals surface area (Å²) in [4.78, 5) is 18.8. The molecule has 0 saturated heterocycles. The van der Waals surface area contributed by atoms with Crippen molar-refractivity contribution in [3.05, 3.63) is 77.5 Å². The lowest BCUT2D eigenvalue weighted by molar-refractivity contribution is 0.0537. The predicted molar refractivity (Wildman–Crippen MR) is 117 cm³/mol. The van der Waals surface area contributed by atoms with Crippen molar-refractivity contribution in [2.24, 2.45) is 11.8 Å². The van der Waals surface area contributed by atoms with Crippen LogP contribution in [-0.2, 0) is 16.7 Å². The lowest BCUT2D eigenvalue weighted by Gasteiger charge is -2.54. The van der Waals surface area contributed by atoms with Gasteiger partial charge in [-0.15, -0.1) is 6.58 Å². The van der Waals surface area contributed by atoms with Crippen molar-refractivity contribution >= 4 is 5.97 Å². The molecular weight excluding hydrogens is 376 g/mol. The third-order valence-electron chi connectivity index (χ3n) is 6.45. The summed E-state index contributed by atoms with van der Waals surface area (Å²) in [7, 11) is 5.66. The number of methoxy groups -OCH3 is 1. The van der Waals surface area contributed by atoms with Gasteiger partial charge in [0, 0.05) is 12.0 Å². The quantitative estimate of drug-likeness (QED) is 0.532. The van der Waals surface area contributed by atoms with Gasteiger partial charge in [-0.2, -0.15) is 0 Å². The van der Waals surface area contributed by atoms with Crippen LogP contribution in [0.25, 0.3) is 0 Å². The Hall–Kier alpha value is -2.92. The summed E-state index contributed by atoms with van der Waals surface area (Å²) in [5.41, 5.74) is 4.12. The van der Waals surface area contributed by atoms with Gasteiger partial charge in [0.2, 0.25) is 5.88 Å². The van der Waals surface area contributed by atoms with Crippen LogP contribution in [0.3, 0.4) is 0 Å². The summed E-state index contributed by atoms with van der Waals surface area (Å²) in [6.07, 6.45) is 6.34. The molecule has 0 amide bonds. The first-order chi connectivity index (χ1) is 14.4. The van der Waals surface area contributed by atoms with Gasteiger partial charge in [-0.05, 0) is 75.7 Å². The maximum atomic E-state index is 11.6. The standard InChI is InChI=1S/C25H28N2O3/c1-6-20-18-13-16(2)15-25(20,27(3)4)21-11-12-23(26-22(21)14-18)30-19-9-7-17(8-10-19)24(28)29-5/h6-13,18,20H,1,14-15H2,2-5H3/t18-,20+,25+/m0/s1. The van der Waals surface area contributed by atoms with Crippen molar-refractivity contribution in [3.8, 4) is 11.6 Å². The summed E-state index contributed by atoms with van der Waals surface area (Å²) in [5.74, 6) is 1.56. The Morgan fingerprint density at radius 2 is 1.97 bits per heavy atom. The summed E-state index contributed by atoms with van der Waals surface area (Å²) < 4.78 is 10.7. The molecule has 2 aliphatic carbocycles. The first kappa shape index (κ1) is 20.4. The zero-order chi connectivity index (χ0) is 21.5. The summed E-state index contributed by atoms with van der Waals surface area (Å²) in [5, 5.41) is 0. The van der Waals surface area contributed by atoms with E-state index in [-0.39, 0.29) is 11.5 Å². The first-order valence-corrected chi connectivity index (χ1v) is 10.2. The van der Waals surface area contributed by atoms with Gasteiger partial charge in [0.05, 0.1) is 23.9 Å². The number of hydrogen-bond donors (Lipinski definition) is 0. The molecule has 4 rings (SSSR count). The highest BCUT2D eigenvalue weighted by Gasteiger charge is 2.51. The molecule has 0 unspecified atom stereocenters. The van der Waals surface area contributed by atoms with E-state index < -0.39 is 0 Å². The zero-order valence-electron chi connectivity index (χ0n) is 18.0. The molecule has 0 fully saturated rings. The summed E-state index contributed by atoms with van der Waals surface area (Å²) in [6, 6.07) is 11.0. The zero-order valence-corrected chi connectivity index (χ0v) is 18.0. The third-order valence-corrected chi connectivity index (χ3v) is 6.45. The molecule has 30 heavy (non-hydrogen) atoms. The van der Waals surface area contributed by atoms with Crippen LogP contribution in [0.1, 0.15) is 35.0 Å². The first-order valence-electron chi connectivity index (χ1n) is 10.2. The Kier molecular flexibility index (Phi) is 5.24. The Morgan fingerprint density at radius 3 is 2.60 bits per heavy atom. The van der Waals surface area contributed by atoms with E-state index in [9.17, 15) is 4.79 Å². The number of carbonyl (C=O) groups is 1. The van der Waals surface area contributed by atoms with Crippen molar-refractivity contribution in [2.45, 2.75) is 25.3 Å². The molecule has 5 heteroatoms. The van der Waals surface area contributed by atoms with Crippen LogP contribution in [0.5, 0.6) is 11.6 Å². The number of esters is 1. The molecule has 0 aliphatic heterocycles. The molecule has 5 nitrogen and oxygen atoms in total. The van der Waals surface area contributed by atoms with Crippen LogP contribution in [-0.4, -0.2) is 37.1 Å². The molecule has 0 spiro atoms. The van der Waals surface area contributed by atoms with Gasteiger partial charge < -0.3 is 9.47 Å². The monoisotopic (exact) mass is 404 g/mol. The Morgan fingerprint density at radius 1 is 1.23 bits per heavy atom. The van der Waals surface area contributed by atoms with E-state index in [4.69, 9.17) is 14.5 Å². The highest BCUT2D eigenvalue weighted by molar-refractivity contribution is 5.89. The second-order valence-corrected chi connectivity index (χ2v) is 8.40. The fourth-order valence-electron chi connectivity index (χ4n) is 5.16. The van der Waals surface area contributed by atoms with E-state index >= 15 is 0 Å². The van der Waals surface area contributed by atoms with Gasteiger partial charge in [0.25, 0.3) is 0 Å². The van der Waals surface area contributed by atoms with Gasteiger partial charge in [-0.1, -0.05) is 17.7 Å². The van der Waals surface area contributed by atoms with Crippen molar-refractivity contribution < 1.29 is 14.3 Å². The van der Waals surface area contributed by atoms with Crippen LogP contribution in [0.15, 0.2) is 60.7 Å². The second-order valence-electron chi connectivity index (χ2n) is 8.40. The Labute approximate surface area is 178 Å². The topological polar surface area (TPSA) is 51.7 Å². The maximum Gasteiger partial charge on any atom is 0.337 e. The molecule has 1 heterocycles. The van der Waals surface area contributed by atoms with E-state index in [2.05, 4.69) is 50.7 Å². The number of carbonyl (C=O) groups excluding carboxylic acids is 1. The molecule has 1 aromatic carbocycles. The number of aromatic nitrogens is 1. The Bertz CT molecular complexity index is 1010. The van der Waals surface area contributed by atoms with Crippen molar-refractivity contribution in [1.29, 1.82) is 0 Å². The number of fused-ring (bicyclic) bond motifs is 4. The second kappa shape index (κ2) is 7.73. The molecule has 2 aromatic rings. The normalized spacial score (nSPS) is 24.6. The van der Waals surface area contributed by atoms with Crippen molar-refractivity contribution in [3.63, 3.8) is 0 Å². The maximum absolute atomic E-state index is 11.6. The molecule has 1 aromatic heterocycles. The van der Waals surface area contributed by atoms with Gasteiger partial charge in [-0.25, -0.2) is 9.78 Å². The highest BCUT2D eigenvalue weighted by atomic mass is 16.5. The number of rotatable bonds is 5. The number of hydrogen-bond acceptors (Lipinski definition) is 5. The molecule has 2 bridgehead atoms. The number of nitrogens with zero attached hydrogens (tertiary/aromatic N) is 2. The van der Waals surface area contributed by atoms with E-state index in [0.29, 0.717) is 29.0 Å². The number of allylic oxidation sites excluding steroid dienone is 1. The SMILES string of the molecule is C=C[C@@H]1[C@H]2C=C(C)C[C@]1(N(C)C)c1ccc(Oc3ccc(C(=O)OC)cc3)nc1C2. The largest absolute Gasteiger partial charge is 0.465 e. The lowest BCUT2D eigenvalue weighted by Crippen LogP contribution is -2.54. The van der Waals surface area contributed by atoms with Crippen LogP contribution in [0, 0.1) is 11.8 Å². The van der Waals surface area contributed by atoms with E-state index in [0.717, 1.165) is 18.5 Å². The summed E-state index contributed by atoms with van der Waals surface area (Å²) >= 11 is 0. The number of benzene rings is 1. The number of ether oxygens (including phenoxy) is 2. The van der Waals surface area contributed by atoms with Crippen molar-refractivity contribution in [2.75, 3.05) is 21.2 Å². The van der Waals surface area contributed by atoms with Crippen LogP contribution >= 0.6 is 0 Å². The van der Waals surface area contributed by atoms with Gasteiger partial charge in [0.1, 0.15) is 5.75 Å². The van der Waals surface area contributed by atoms with E-state index in [1.165, 1.54) is 18.2 Å². The van der Waals surface area contributed by atoms with E-state index in [1.807, 2.05) is 6.07 Å². The van der Waals surface area contributed by atoms with Gasteiger partial charge >= 0.3 is 5.97 Å². The van der Waals surface area contributed by atoms with Crippen LogP contribution in [0.4, 0.5) is 0 Å². The molecule has 3 atom stereocenters. The summed E-state index contributed by atoms with van der Waals surface area (Å²) in [6.45, 7) is 6.38. The van der Waals surface area contributed by atoms with Crippen molar-refractivity contribution in [1.82, 2.24) is 9.88 Å². The molecule has 156 valence electrons. The average molecular weight is 405 g/mol. The average Bonchev–Trinajstić information content (AvgIpc) is 2.72. The van der Waals surface area contributed by atoms with Gasteiger partial charge in [0.15, 0.2) is 0 Å². The predicted octanol–water partition coefficient (Wildman–Crippen LogP) is 4.74. The highest BCUT2D eigenvalue weighted by Crippen LogP contribution is 2.53. The molecule has 0 radical (unpaired) electrons. The van der Waals surface area contributed by atoms with Crippen LogP contribution in [0.2, 0.25) is 0 Å². The smallest absolute Gasteiger partial charge is 0.337 e. The molecule has 0 N–H and O–H groups in total. The number of pyridine rings is 1. The Balaban J connectivity index is 1.67. The minimum atomic E-state index is -0.367. The molecular formula is C25H28N2O3. The fraction of sp³-hybridized carbons (Fsp3) is 0.360. The van der Waals surface area contributed by atoms with Gasteiger partial charge in [-0.3, -0.25) is 4.90 Å². The minimum Gasteiger partial charge on any atom is -0.465 e. The van der Waals surface area contributed by atoms with E-state index in [1.54, 1.807) is 24.3 Å².